The van der Waals surface area contributed by atoms with E-state index in [2.05, 4.69) is 17.0 Å². The maximum absolute atomic E-state index is 12.5. The van der Waals surface area contributed by atoms with Gasteiger partial charge in [0.25, 0.3) is 10.0 Å². The molecule has 0 saturated carbocycles. The Morgan fingerprint density at radius 3 is 2.71 bits per heavy atom. The lowest BCUT2D eigenvalue weighted by Crippen LogP contribution is -2.16. The molecular weight excluding hydrogens is 304 g/mol. The zero-order chi connectivity index (χ0) is 15.3. The van der Waals surface area contributed by atoms with Crippen LogP contribution in [0.3, 0.4) is 0 Å². The third kappa shape index (κ3) is 4.30. The zero-order valence-corrected chi connectivity index (χ0v) is 13.9. The number of aryl methyl sites for hydroxylation is 1. The molecule has 114 valence electrons. The summed E-state index contributed by atoms with van der Waals surface area (Å²) in [6, 6.07) is 7.31. The molecule has 0 spiro atoms. The van der Waals surface area contributed by atoms with Crippen molar-refractivity contribution in [3.05, 3.63) is 46.2 Å². The Morgan fingerprint density at radius 2 is 2.05 bits per heavy atom. The van der Waals surface area contributed by atoms with E-state index in [-0.39, 0.29) is 0 Å². The van der Waals surface area contributed by atoms with Crippen LogP contribution in [0, 0.1) is 6.92 Å². The number of nitrogens with one attached hydrogen (secondary N) is 2. The van der Waals surface area contributed by atoms with Crippen LogP contribution < -0.4 is 10.0 Å². The maximum Gasteiger partial charge on any atom is 0.262 e. The van der Waals surface area contributed by atoms with Crippen LogP contribution >= 0.6 is 11.3 Å². The molecule has 2 N–H and O–H groups in total. The van der Waals surface area contributed by atoms with Crippen LogP contribution in [0.1, 0.15) is 24.5 Å². The second kappa shape index (κ2) is 7.06. The van der Waals surface area contributed by atoms with E-state index in [1.807, 2.05) is 24.4 Å². The molecule has 4 nitrogen and oxygen atoms in total. The summed E-state index contributed by atoms with van der Waals surface area (Å²) in [7, 11) is -3.54. The largest absolute Gasteiger partial charge is 0.313 e. The highest BCUT2D eigenvalue weighted by Gasteiger charge is 2.17. The Hall–Kier alpha value is -1.37. The SMILES string of the molecule is CCCNCc1ccc(C)c(S(=O)(=O)Nc2ccsc2)c1. The van der Waals surface area contributed by atoms with Gasteiger partial charge < -0.3 is 5.32 Å². The lowest BCUT2D eigenvalue weighted by molar-refractivity contribution is 0.600. The van der Waals surface area contributed by atoms with Gasteiger partial charge in [-0.25, -0.2) is 8.42 Å². The van der Waals surface area contributed by atoms with E-state index < -0.39 is 10.0 Å². The minimum absolute atomic E-state index is 0.337. The molecular formula is C15H20N2O2S2. The van der Waals surface area contributed by atoms with E-state index in [1.165, 1.54) is 11.3 Å². The van der Waals surface area contributed by atoms with Crippen molar-refractivity contribution >= 4 is 27.0 Å². The van der Waals surface area contributed by atoms with Gasteiger partial charge in [0, 0.05) is 11.9 Å². The summed E-state index contributed by atoms with van der Waals surface area (Å²) >= 11 is 1.46. The van der Waals surface area contributed by atoms with Crippen LogP contribution in [0.4, 0.5) is 5.69 Å². The van der Waals surface area contributed by atoms with Gasteiger partial charge >= 0.3 is 0 Å². The van der Waals surface area contributed by atoms with E-state index >= 15 is 0 Å². The predicted molar refractivity (Wildman–Crippen MR) is 88.3 cm³/mol. The van der Waals surface area contributed by atoms with Gasteiger partial charge in [0.15, 0.2) is 0 Å². The van der Waals surface area contributed by atoms with Crippen molar-refractivity contribution in [3.8, 4) is 0 Å². The van der Waals surface area contributed by atoms with Crippen LogP contribution in [-0.4, -0.2) is 15.0 Å². The van der Waals surface area contributed by atoms with E-state index in [0.717, 1.165) is 24.1 Å². The summed E-state index contributed by atoms with van der Waals surface area (Å²) in [5.74, 6) is 0. The Labute approximate surface area is 130 Å². The van der Waals surface area contributed by atoms with Gasteiger partial charge in [-0.05, 0) is 48.5 Å². The Morgan fingerprint density at radius 1 is 1.24 bits per heavy atom. The molecule has 0 unspecified atom stereocenters. The van der Waals surface area contributed by atoms with Crippen LogP contribution in [-0.2, 0) is 16.6 Å². The smallest absolute Gasteiger partial charge is 0.262 e. The molecule has 0 aliphatic heterocycles. The van der Waals surface area contributed by atoms with Crippen molar-refractivity contribution in [3.63, 3.8) is 0 Å². The normalized spacial score (nSPS) is 11.5. The Bertz CT molecular complexity index is 680. The second-order valence-electron chi connectivity index (χ2n) is 4.89. The van der Waals surface area contributed by atoms with Crippen LogP contribution in [0.5, 0.6) is 0 Å². The van der Waals surface area contributed by atoms with Gasteiger partial charge in [0.1, 0.15) is 0 Å². The quantitative estimate of drug-likeness (QED) is 0.768. The molecule has 0 radical (unpaired) electrons. The fourth-order valence-electron chi connectivity index (χ4n) is 1.99. The molecule has 0 amide bonds. The standard InChI is InChI=1S/C15H20N2O2S2/c1-3-7-16-10-13-5-4-12(2)15(9-13)21(18,19)17-14-6-8-20-11-14/h4-6,8-9,11,16-17H,3,7,10H2,1-2H3. The van der Waals surface area contributed by atoms with Crippen LogP contribution in [0.25, 0.3) is 0 Å². The molecule has 0 aliphatic rings. The predicted octanol–water partition coefficient (Wildman–Crippen LogP) is 3.36. The molecule has 6 heteroatoms. The average Bonchev–Trinajstić information content (AvgIpc) is 2.93. The highest BCUT2D eigenvalue weighted by molar-refractivity contribution is 7.92. The summed E-state index contributed by atoms with van der Waals surface area (Å²) in [6.45, 7) is 5.51. The first-order valence-electron chi connectivity index (χ1n) is 6.88. The van der Waals surface area contributed by atoms with Crippen molar-refractivity contribution in [2.75, 3.05) is 11.3 Å². The molecule has 0 saturated heterocycles. The summed E-state index contributed by atoms with van der Waals surface area (Å²) in [5.41, 5.74) is 2.32. The highest BCUT2D eigenvalue weighted by atomic mass is 32.2. The monoisotopic (exact) mass is 324 g/mol. The minimum Gasteiger partial charge on any atom is -0.313 e. The lowest BCUT2D eigenvalue weighted by atomic mass is 10.1. The molecule has 1 heterocycles. The minimum atomic E-state index is -3.54. The number of rotatable bonds is 7. The molecule has 0 atom stereocenters. The van der Waals surface area contributed by atoms with Crippen molar-refractivity contribution in [2.45, 2.75) is 31.7 Å². The van der Waals surface area contributed by atoms with Gasteiger partial charge in [0.2, 0.25) is 0 Å². The van der Waals surface area contributed by atoms with E-state index in [4.69, 9.17) is 0 Å². The van der Waals surface area contributed by atoms with Gasteiger partial charge in [0.05, 0.1) is 10.6 Å². The Balaban J connectivity index is 2.22. The van der Waals surface area contributed by atoms with Gasteiger partial charge in [-0.15, -0.1) is 0 Å². The fourth-order valence-corrected chi connectivity index (χ4v) is 3.99. The zero-order valence-electron chi connectivity index (χ0n) is 12.2. The van der Waals surface area contributed by atoms with E-state index in [0.29, 0.717) is 17.1 Å². The fraction of sp³-hybridized carbons (Fsp3) is 0.333. The first kappa shape index (κ1) is 16.0. The molecule has 2 rings (SSSR count). The van der Waals surface area contributed by atoms with E-state index in [1.54, 1.807) is 17.5 Å². The van der Waals surface area contributed by atoms with Gasteiger partial charge in [-0.3, -0.25) is 4.72 Å². The number of hydrogen-bond acceptors (Lipinski definition) is 4. The first-order chi connectivity index (χ1) is 10.0. The molecule has 0 aliphatic carbocycles. The molecule has 1 aromatic heterocycles. The first-order valence-corrected chi connectivity index (χ1v) is 9.31. The number of sulfonamides is 1. The molecule has 0 fully saturated rings. The summed E-state index contributed by atoms with van der Waals surface area (Å²) in [6.07, 6.45) is 1.05. The number of anilines is 1. The number of hydrogen-bond donors (Lipinski definition) is 2. The third-order valence-electron chi connectivity index (χ3n) is 3.07. The lowest BCUT2D eigenvalue weighted by Gasteiger charge is -2.11. The Kier molecular flexibility index (Phi) is 5.39. The summed E-state index contributed by atoms with van der Waals surface area (Å²) in [4.78, 5) is 0.337. The highest BCUT2D eigenvalue weighted by Crippen LogP contribution is 2.22. The van der Waals surface area contributed by atoms with Crippen LogP contribution in [0.2, 0.25) is 0 Å². The number of thiophene rings is 1. The maximum atomic E-state index is 12.5. The van der Waals surface area contributed by atoms with Crippen molar-refractivity contribution in [2.24, 2.45) is 0 Å². The van der Waals surface area contributed by atoms with Crippen LogP contribution in [0.15, 0.2) is 39.9 Å². The van der Waals surface area contributed by atoms with Crippen molar-refractivity contribution < 1.29 is 8.42 Å². The van der Waals surface area contributed by atoms with Crippen molar-refractivity contribution in [1.29, 1.82) is 0 Å². The second-order valence-corrected chi connectivity index (χ2v) is 7.33. The molecule has 21 heavy (non-hydrogen) atoms. The van der Waals surface area contributed by atoms with Gasteiger partial charge in [-0.1, -0.05) is 19.1 Å². The topological polar surface area (TPSA) is 58.2 Å². The van der Waals surface area contributed by atoms with Crippen molar-refractivity contribution in [1.82, 2.24) is 5.32 Å². The summed E-state index contributed by atoms with van der Waals surface area (Å²) < 4.78 is 27.6. The molecule has 1 aromatic carbocycles. The molecule has 2 aromatic rings. The molecule has 0 bridgehead atoms. The van der Waals surface area contributed by atoms with Gasteiger partial charge in [-0.2, -0.15) is 11.3 Å². The number of benzene rings is 1. The average molecular weight is 324 g/mol. The third-order valence-corrected chi connectivity index (χ3v) is 5.28. The van der Waals surface area contributed by atoms with E-state index in [9.17, 15) is 8.42 Å². The summed E-state index contributed by atoms with van der Waals surface area (Å²) in [5, 5.41) is 6.90.